The zero-order valence-corrected chi connectivity index (χ0v) is 13.3. The van der Waals surface area contributed by atoms with E-state index in [1.165, 1.54) is 5.56 Å². The molecule has 2 heterocycles. The number of thioether (sulfide) groups is 1. The predicted molar refractivity (Wildman–Crippen MR) is 95.3 cm³/mol. The minimum atomic E-state index is 0.912. The van der Waals surface area contributed by atoms with Gasteiger partial charge in [0, 0.05) is 17.5 Å². The normalized spacial score (nSPS) is 11.0. The topological polar surface area (TPSA) is 41.6 Å². The molecular formula is C19H15N3S. The number of aromatic amines is 1. The van der Waals surface area contributed by atoms with Gasteiger partial charge in [-0.15, -0.1) is 11.8 Å². The molecule has 4 heteroatoms. The Morgan fingerprint density at radius 3 is 2.48 bits per heavy atom. The molecule has 2 aromatic carbocycles. The molecule has 0 unspecified atom stereocenters. The molecule has 0 fully saturated rings. The molecular weight excluding hydrogens is 302 g/mol. The molecule has 0 aliphatic carbocycles. The highest BCUT2D eigenvalue weighted by Crippen LogP contribution is 2.24. The van der Waals surface area contributed by atoms with Crippen molar-refractivity contribution >= 4 is 22.8 Å². The number of fused-ring (bicyclic) bond motifs is 1. The van der Waals surface area contributed by atoms with Crippen LogP contribution in [0.15, 0.2) is 78.0 Å². The molecule has 23 heavy (non-hydrogen) atoms. The summed E-state index contributed by atoms with van der Waals surface area (Å²) in [5, 5.41) is 1.05. The van der Waals surface area contributed by atoms with Crippen LogP contribution in [-0.4, -0.2) is 15.0 Å². The number of rotatable bonds is 4. The first kappa shape index (κ1) is 14.0. The van der Waals surface area contributed by atoms with Crippen molar-refractivity contribution in [3.8, 4) is 11.4 Å². The van der Waals surface area contributed by atoms with Gasteiger partial charge in [0.1, 0.15) is 5.82 Å². The Labute approximate surface area is 138 Å². The summed E-state index contributed by atoms with van der Waals surface area (Å²) in [6.45, 7) is 0. The highest BCUT2D eigenvalue weighted by atomic mass is 32.2. The van der Waals surface area contributed by atoms with Crippen molar-refractivity contribution in [3.63, 3.8) is 0 Å². The maximum absolute atomic E-state index is 4.64. The van der Waals surface area contributed by atoms with E-state index < -0.39 is 0 Å². The van der Waals surface area contributed by atoms with Crippen molar-refractivity contribution in [2.24, 2.45) is 0 Å². The number of benzene rings is 2. The van der Waals surface area contributed by atoms with E-state index in [0.717, 1.165) is 33.2 Å². The molecule has 0 aliphatic rings. The van der Waals surface area contributed by atoms with Crippen LogP contribution >= 0.6 is 11.8 Å². The lowest BCUT2D eigenvalue weighted by molar-refractivity contribution is 1.13. The standard InChI is InChI=1S/C19H15N3S/c1-2-6-17-16(5-1)21-19(22-17)15-10-8-14(9-11-15)13-23-18-7-3-4-12-20-18/h1-12H,13H2,(H,21,22). The maximum Gasteiger partial charge on any atom is 0.138 e. The van der Waals surface area contributed by atoms with Crippen molar-refractivity contribution in [2.45, 2.75) is 10.8 Å². The number of para-hydroxylation sites is 2. The molecule has 4 aromatic rings. The van der Waals surface area contributed by atoms with Gasteiger partial charge in [-0.25, -0.2) is 9.97 Å². The number of pyridine rings is 1. The van der Waals surface area contributed by atoms with Gasteiger partial charge in [0.05, 0.1) is 16.1 Å². The van der Waals surface area contributed by atoms with Gasteiger partial charge >= 0.3 is 0 Å². The molecule has 0 atom stereocenters. The van der Waals surface area contributed by atoms with E-state index in [0.29, 0.717) is 0 Å². The molecule has 1 N–H and O–H groups in total. The summed E-state index contributed by atoms with van der Waals surface area (Å²) in [6.07, 6.45) is 1.83. The molecule has 0 amide bonds. The van der Waals surface area contributed by atoms with Crippen LogP contribution < -0.4 is 0 Å². The number of imidazole rings is 1. The van der Waals surface area contributed by atoms with Crippen LogP contribution in [0.1, 0.15) is 5.56 Å². The van der Waals surface area contributed by atoms with E-state index in [2.05, 4.69) is 39.2 Å². The third-order valence-corrected chi connectivity index (χ3v) is 4.66. The first-order valence-electron chi connectivity index (χ1n) is 7.46. The highest BCUT2D eigenvalue weighted by Gasteiger charge is 2.05. The van der Waals surface area contributed by atoms with Crippen LogP contribution in [0.5, 0.6) is 0 Å². The average Bonchev–Trinajstić information content (AvgIpc) is 3.05. The lowest BCUT2D eigenvalue weighted by atomic mass is 10.1. The Kier molecular flexibility index (Phi) is 3.82. The fraction of sp³-hybridized carbons (Fsp3) is 0.0526. The van der Waals surface area contributed by atoms with Crippen LogP contribution in [0.3, 0.4) is 0 Å². The summed E-state index contributed by atoms with van der Waals surface area (Å²) in [5.41, 5.74) is 4.45. The number of nitrogens with zero attached hydrogens (tertiary/aromatic N) is 2. The fourth-order valence-electron chi connectivity index (χ4n) is 2.44. The second-order valence-electron chi connectivity index (χ2n) is 5.26. The van der Waals surface area contributed by atoms with E-state index >= 15 is 0 Å². The van der Waals surface area contributed by atoms with Crippen molar-refractivity contribution in [3.05, 3.63) is 78.5 Å². The third-order valence-electron chi connectivity index (χ3n) is 3.64. The predicted octanol–water partition coefficient (Wildman–Crippen LogP) is 4.92. The summed E-state index contributed by atoms with van der Waals surface area (Å²) in [6, 6.07) is 22.6. The summed E-state index contributed by atoms with van der Waals surface area (Å²) < 4.78 is 0. The summed E-state index contributed by atoms with van der Waals surface area (Å²) in [4.78, 5) is 12.3. The molecule has 0 aliphatic heterocycles. The largest absolute Gasteiger partial charge is 0.338 e. The van der Waals surface area contributed by atoms with Gasteiger partial charge in [-0.05, 0) is 29.8 Å². The Morgan fingerprint density at radius 1 is 0.870 bits per heavy atom. The minimum absolute atomic E-state index is 0.912. The van der Waals surface area contributed by atoms with Gasteiger partial charge in [0.15, 0.2) is 0 Å². The first-order valence-corrected chi connectivity index (χ1v) is 8.45. The smallest absolute Gasteiger partial charge is 0.138 e. The molecule has 0 spiro atoms. The van der Waals surface area contributed by atoms with Gasteiger partial charge in [-0.1, -0.05) is 42.5 Å². The van der Waals surface area contributed by atoms with E-state index in [1.807, 2.05) is 48.7 Å². The molecule has 0 saturated heterocycles. The Hall–Kier alpha value is -2.59. The monoisotopic (exact) mass is 317 g/mol. The lowest BCUT2D eigenvalue weighted by Crippen LogP contribution is -1.85. The summed E-state index contributed by atoms with van der Waals surface area (Å²) in [7, 11) is 0. The van der Waals surface area contributed by atoms with Crippen LogP contribution in [0, 0.1) is 0 Å². The van der Waals surface area contributed by atoms with E-state index in [1.54, 1.807) is 11.8 Å². The van der Waals surface area contributed by atoms with Crippen molar-refractivity contribution < 1.29 is 0 Å². The third kappa shape index (κ3) is 3.12. The second-order valence-corrected chi connectivity index (χ2v) is 6.25. The molecule has 112 valence electrons. The molecule has 0 bridgehead atoms. The van der Waals surface area contributed by atoms with Crippen molar-refractivity contribution in [1.29, 1.82) is 0 Å². The maximum atomic E-state index is 4.64. The summed E-state index contributed by atoms with van der Waals surface area (Å²) >= 11 is 1.74. The second kappa shape index (κ2) is 6.26. The number of aromatic nitrogens is 3. The first-order chi connectivity index (χ1) is 11.4. The minimum Gasteiger partial charge on any atom is -0.338 e. The molecule has 0 radical (unpaired) electrons. The van der Waals surface area contributed by atoms with Crippen LogP contribution in [0.4, 0.5) is 0 Å². The van der Waals surface area contributed by atoms with Gasteiger partial charge in [0.2, 0.25) is 0 Å². The van der Waals surface area contributed by atoms with Crippen LogP contribution in [0.25, 0.3) is 22.4 Å². The van der Waals surface area contributed by atoms with Crippen molar-refractivity contribution in [1.82, 2.24) is 15.0 Å². The average molecular weight is 317 g/mol. The Bertz CT molecular complexity index is 881. The van der Waals surface area contributed by atoms with Crippen LogP contribution in [-0.2, 0) is 5.75 Å². The highest BCUT2D eigenvalue weighted by molar-refractivity contribution is 7.98. The Morgan fingerprint density at radius 2 is 1.70 bits per heavy atom. The SMILES string of the molecule is c1ccc(SCc2ccc(-c3nc4ccccc4[nH]3)cc2)nc1. The van der Waals surface area contributed by atoms with E-state index in [9.17, 15) is 0 Å². The molecule has 3 nitrogen and oxygen atoms in total. The number of hydrogen-bond acceptors (Lipinski definition) is 3. The fourth-order valence-corrected chi connectivity index (χ4v) is 3.26. The quantitative estimate of drug-likeness (QED) is 0.543. The Balaban J connectivity index is 1.51. The van der Waals surface area contributed by atoms with E-state index in [-0.39, 0.29) is 0 Å². The van der Waals surface area contributed by atoms with Crippen LogP contribution in [0.2, 0.25) is 0 Å². The molecule has 2 aromatic heterocycles. The summed E-state index contributed by atoms with van der Waals surface area (Å²) in [5.74, 6) is 1.83. The molecule has 4 rings (SSSR count). The van der Waals surface area contributed by atoms with Gasteiger partial charge in [0.25, 0.3) is 0 Å². The molecule has 0 saturated carbocycles. The number of hydrogen-bond donors (Lipinski definition) is 1. The number of H-pyrrole nitrogens is 1. The lowest BCUT2D eigenvalue weighted by Gasteiger charge is -2.02. The van der Waals surface area contributed by atoms with Gasteiger partial charge < -0.3 is 4.98 Å². The zero-order valence-electron chi connectivity index (χ0n) is 12.4. The van der Waals surface area contributed by atoms with Gasteiger partial charge in [-0.2, -0.15) is 0 Å². The van der Waals surface area contributed by atoms with Crippen molar-refractivity contribution in [2.75, 3.05) is 0 Å². The van der Waals surface area contributed by atoms with Gasteiger partial charge in [-0.3, -0.25) is 0 Å². The number of nitrogens with one attached hydrogen (secondary N) is 1. The zero-order chi connectivity index (χ0) is 15.5. The van der Waals surface area contributed by atoms with E-state index in [4.69, 9.17) is 0 Å².